The molecule has 1 N–H and O–H groups in total. The first-order valence-electron chi connectivity index (χ1n) is 8.32. The van der Waals surface area contributed by atoms with Crippen molar-refractivity contribution in [1.82, 2.24) is 5.48 Å². The third-order valence-electron chi connectivity index (χ3n) is 4.02. The Kier molecular flexibility index (Phi) is 10.3. The molecule has 6 nitrogen and oxygen atoms in total. The van der Waals surface area contributed by atoms with E-state index in [9.17, 15) is 9.59 Å². The van der Waals surface area contributed by atoms with E-state index in [4.69, 9.17) is 14.0 Å². The van der Waals surface area contributed by atoms with E-state index in [-0.39, 0.29) is 12.5 Å². The Bertz CT molecular complexity index is 363. The predicted octanol–water partition coefficient (Wildman–Crippen LogP) is 3.18. The van der Waals surface area contributed by atoms with Crippen LogP contribution in [0.25, 0.3) is 0 Å². The molecule has 0 spiro atoms. The van der Waals surface area contributed by atoms with Crippen LogP contribution in [0.2, 0.25) is 17.1 Å². The highest BCUT2D eigenvalue weighted by Gasteiger charge is 2.40. The molecule has 0 aliphatic carbocycles. The lowest BCUT2D eigenvalue weighted by atomic mass is 10.4. The van der Waals surface area contributed by atoms with E-state index < -0.39 is 20.3 Å². The van der Waals surface area contributed by atoms with Crippen molar-refractivity contribution >= 4 is 20.3 Å². The Labute approximate surface area is 141 Å². The van der Waals surface area contributed by atoms with Gasteiger partial charge in [-0.1, -0.05) is 27.7 Å². The number of hydrogen-bond acceptors (Lipinski definition) is 6. The van der Waals surface area contributed by atoms with Crippen molar-refractivity contribution in [2.45, 2.75) is 77.6 Å². The summed E-state index contributed by atoms with van der Waals surface area (Å²) in [5.74, 6) is -1.20. The average Bonchev–Trinajstić information content (AvgIpc) is 2.40. The Hall–Kier alpha value is -0.923. The molecule has 0 radical (unpaired) electrons. The Morgan fingerprint density at radius 1 is 1.00 bits per heavy atom. The van der Waals surface area contributed by atoms with Crippen LogP contribution < -0.4 is 5.48 Å². The van der Waals surface area contributed by atoms with E-state index in [0.717, 1.165) is 12.5 Å². The van der Waals surface area contributed by atoms with Gasteiger partial charge in [-0.25, -0.2) is 4.79 Å². The van der Waals surface area contributed by atoms with Crippen molar-refractivity contribution in [2.24, 2.45) is 0 Å². The van der Waals surface area contributed by atoms with Crippen LogP contribution in [-0.4, -0.2) is 40.0 Å². The van der Waals surface area contributed by atoms with E-state index in [1.807, 2.05) is 0 Å². The van der Waals surface area contributed by atoms with E-state index in [1.165, 1.54) is 0 Å². The molecule has 0 unspecified atom stereocenters. The van der Waals surface area contributed by atoms with Crippen molar-refractivity contribution in [1.29, 1.82) is 0 Å². The number of esters is 1. The summed E-state index contributed by atoms with van der Waals surface area (Å²) >= 11 is 0. The summed E-state index contributed by atoms with van der Waals surface area (Å²) in [6.45, 7) is 12.9. The third-order valence-corrected chi connectivity index (χ3v) is 9.83. The molecule has 7 heteroatoms. The summed E-state index contributed by atoms with van der Waals surface area (Å²) in [4.78, 5) is 27.6. The second-order valence-corrected chi connectivity index (χ2v) is 11.8. The highest BCUT2D eigenvalue weighted by atomic mass is 28.4. The number of rotatable bonds is 11. The maximum absolute atomic E-state index is 11.5. The van der Waals surface area contributed by atoms with Gasteiger partial charge in [-0.15, -0.1) is 0 Å². The molecular weight excluding hydrogens is 314 g/mol. The normalized spacial score (nSPS) is 12.1. The average molecular weight is 348 g/mol. The molecule has 0 amide bonds. The van der Waals surface area contributed by atoms with Gasteiger partial charge in [0.15, 0.2) is 8.32 Å². The van der Waals surface area contributed by atoms with Gasteiger partial charge >= 0.3 is 11.9 Å². The zero-order valence-corrected chi connectivity index (χ0v) is 16.6. The van der Waals surface area contributed by atoms with Crippen LogP contribution in [0.15, 0.2) is 0 Å². The van der Waals surface area contributed by atoms with Gasteiger partial charge in [0.05, 0.1) is 6.10 Å². The van der Waals surface area contributed by atoms with Crippen LogP contribution >= 0.6 is 0 Å². The number of carbonyl (C=O) groups is 2. The number of ether oxygens (including phenoxy) is 1. The molecule has 0 aromatic carbocycles. The fourth-order valence-corrected chi connectivity index (χ4v) is 7.21. The summed E-state index contributed by atoms with van der Waals surface area (Å²) in [5, 5.41) is 0. The summed E-state index contributed by atoms with van der Waals surface area (Å²) in [6, 6.07) is 0.999. The lowest BCUT2D eigenvalue weighted by Gasteiger charge is -2.37. The van der Waals surface area contributed by atoms with E-state index in [0.29, 0.717) is 17.6 Å². The van der Waals surface area contributed by atoms with Crippen LogP contribution in [0, 0.1) is 0 Å². The quantitative estimate of drug-likeness (QED) is 0.203. The lowest BCUT2D eigenvalue weighted by Crippen LogP contribution is -2.44. The summed E-state index contributed by atoms with van der Waals surface area (Å²) in [7, 11) is 0.00500. The second-order valence-electron chi connectivity index (χ2n) is 6.66. The van der Waals surface area contributed by atoms with Gasteiger partial charge in [-0.2, -0.15) is 5.48 Å². The smallest absolute Gasteiger partial charge is 0.335 e. The Balaban J connectivity index is 4.08. The second kappa shape index (κ2) is 10.8. The van der Waals surface area contributed by atoms with Gasteiger partial charge in [0.1, 0.15) is 6.42 Å². The molecule has 23 heavy (non-hydrogen) atoms. The lowest BCUT2D eigenvalue weighted by molar-refractivity contribution is -0.160. The van der Waals surface area contributed by atoms with Crippen molar-refractivity contribution in [3.63, 3.8) is 0 Å². The van der Waals surface area contributed by atoms with Crippen molar-refractivity contribution < 1.29 is 23.6 Å². The molecule has 0 aromatic heterocycles. The zero-order valence-electron chi connectivity index (χ0n) is 15.6. The first kappa shape index (κ1) is 22.1. The van der Waals surface area contributed by atoms with Crippen LogP contribution in [0.3, 0.4) is 0 Å². The van der Waals surface area contributed by atoms with Gasteiger partial charge in [0, 0.05) is 13.7 Å². The molecule has 0 aromatic rings. The molecule has 0 saturated heterocycles. The number of hydrogen-bond donors (Lipinski definition) is 1. The van der Waals surface area contributed by atoms with Crippen molar-refractivity contribution in [3.05, 3.63) is 0 Å². The standard InChI is InChI=1S/C16H33NO5Si/c1-12(2)21-15(18)11-16(19)22-17-9-8-10-23(20-7,13(3)4)14(5)6/h12-14,17H,8-11H2,1-7H3. The van der Waals surface area contributed by atoms with Crippen LogP contribution in [0.4, 0.5) is 0 Å². The van der Waals surface area contributed by atoms with Crippen molar-refractivity contribution in [3.8, 4) is 0 Å². The van der Waals surface area contributed by atoms with E-state index >= 15 is 0 Å². The van der Waals surface area contributed by atoms with E-state index in [1.54, 1.807) is 21.0 Å². The van der Waals surface area contributed by atoms with Gasteiger partial charge in [0.2, 0.25) is 0 Å². The maximum Gasteiger partial charge on any atom is 0.335 e. The molecule has 0 rings (SSSR count). The molecule has 0 heterocycles. The van der Waals surface area contributed by atoms with Crippen LogP contribution in [0.1, 0.15) is 54.4 Å². The molecule has 136 valence electrons. The summed E-state index contributed by atoms with van der Waals surface area (Å²) in [6.07, 6.45) is 0.252. The monoisotopic (exact) mass is 347 g/mol. The highest BCUT2D eigenvalue weighted by Crippen LogP contribution is 2.37. The minimum atomic E-state index is -1.80. The van der Waals surface area contributed by atoms with Crippen molar-refractivity contribution in [2.75, 3.05) is 13.7 Å². The first-order valence-corrected chi connectivity index (χ1v) is 10.6. The Morgan fingerprint density at radius 2 is 1.57 bits per heavy atom. The molecular formula is C16H33NO5Si. The topological polar surface area (TPSA) is 73.9 Å². The molecule has 0 atom stereocenters. The van der Waals surface area contributed by atoms with E-state index in [2.05, 4.69) is 33.2 Å². The Morgan fingerprint density at radius 3 is 2.00 bits per heavy atom. The van der Waals surface area contributed by atoms with Gasteiger partial charge < -0.3 is 14.0 Å². The van der Waals surface area contributed by atoms with Gasteiger partial charge in [-0.3, -0.25) is 4.79 Å². The number of hydroxylamine groups is 1. The fourth-order valence-electron chi connectivity index (χ4n) is 2.84. The molecule has 0 bridgehead atoms. The summed E-state index contributed by atoms with van der Waals surface area (Å²) < 4.78 is 10.8. The zero-order chi connectivity index (χ0) is 18.0. The molecule has 0 aliphatic heterocycles. The molecule has 0 fully saturated rings. The largest absolute Gasteiger partial charge is 0.463 e. The third kappa shape index (κ3) is 7.94. The maximum atomic E-state index is 11.5. The molecule has 0 saturated carbocycles. The fraction of sp³-hybridized carbons (Fsp3) is 0.875. The first-order chi connectivity index (χ1) is 10.7. The molecule has 0 aliphatic rings. The van der Waals surface area contributed by atoms with Crippen LogP contribution in [-0.2, 0) is 23.6 Å². The summed E-state index contributed by atoms with van der Waals surface area (Å²) in [5.41, 5.74) is 3.68. The minimum absolute atomic E-state index is 0.234. The predicted molar refractivity (Wildman–Crippen MR) is 92.3 cm³/mol. The van der Waals surface area contributed by atoms with Gasteiger partial charge in [0.25, 0.3) is 0 Å². The van der Waals surface area contributed by atoms with Gasteiger partial charge in [-0.05, 0) is 37.4 Å². The highest BCUT2D eigenvalue weighted by molar-refractivity contribution is 6.76. The SMILES string of the molecule is CO[Si](CCCNOC(=O)CC(=O)OC(C)C)(C(C)C)C(C)C. The number of nitrogens with one attached hydrogen (secondary N) is 1. The van der Waals surface area contributed by atoms with Crippen LogP contribution in [0.5, 0.6) is 0 Å². The minimum Gasteiger partial charge on any atom is -0.463 e. The number of carbonyl (C=O) groups excluding carboxylic acids is 2.